The van der Waals surface area contributed by atoms with E-state index < -0.39 is 0 Å². The van der Waals surface area contributed by atoms with Crippen LogP contribution in [0.25, 0.3) is 0 Å². The summed E-state index contributed by atoms with van der Waals surface area (Å²) in [4.78, 5) is 13.8. The summed E-state index contributed by atoms with van der Waals surface area (Å²) < 4.78 is 12.9. The largest absolute Gasteiger partial charge is 0.308 e. The number of nitrogens with zero attached hydrogens (tertiary/aromatic N) is 1. The highest BCUT2D eigenvalue weighted by Gasteiger charge is 2.33. The van der Waals surface area contributed by atoms with Gasteiger partial charge in [0, 0.05) is 11.2 Å². The van der Waals surface area contributed by atoms with Crippen LogP contribution in [0, 0.1) is 5.82 Å². The second kappa shape index (κ2) is 4.45. The third-order valence-corrected chi connectivity index (χ3v) is 3.13. The Kier molecular flexibility index (Phi) is 3.15. The van der Waals surface area contributed by atoms with E-state index in [1.807, 2.05) is 13.8 Å². The molecule has 2 rings (SSSR count). The van der Waals surface area contributed by atoms with Crippen molar-refractivity contribution in [2.75, 3.05) is 18.0 Å². The zero-order valence-corrected chi connectivity index (χ0v) is 10.2. The zero-order valence-electron chi connectivity index (χ0n) is 10.2. The Bertz CT molecular complexity index is 414. The average Bonchev–Trinajstić information content (AvgIpc) is 2.39. The van der Waals surface area contributed by atoms with Crippen LogP contribution in [0.5, 0.6) is 0 Å². The van der Waals surface area contributed by atoms with Crippen LogP contribution in [-0.4, -0.2) is 24.5 Å². The minimum absolute atomic E-state index is 0.0270. The molecule has 1 N–H and O–H groups in total. The molecule has 92 valence electrons. The molecule has 0 aliphatic carbocycles. The zero-order chi connectivity index (χ0) is 12.5. The van der Waals surface area contributed by atoms with E-state index >= 15 is 0 Å². The second-order valence-corrected chi connectivity index (χ2v) is 4.94. The molecule has 1 heterocycles. The molecule has 17 heavy (non-hydrogen) atoms. The molecule has 0 radical (unpaired) electrons. The second-order valence-electron chi connectivity index (χ2n) is 4.94. The van der Waals surface area contributed by atoms with Gasteiger partial charge in [0.15, 0.2) is 0 Å². The molecule has 1 aromatic carbocycles. The molecule has 4 heteroatoms. The number of amides is 1. The van der Waals surface area contributed by atoms with Gasteiger partial charge in [-0.2, -0.15) is 0 Å². The van der Waals surface area contributed by atoms with Gasteiger partial charge in [-0.25, -0.2) is 4.39 Å². The first-order valence-electron chi connectivity index (χ1n) is 5.80. The van der Waals surface area contributed by atoms with Gasteiger partial charge in [-0.15, -0.1) is 0 Å². The maximum atomic E-state index is 12.9. The highest BCUT2D eigenvalue weighted by atomic mass is 19.1. The molecule has 0 bridgehead atoms. The number of anilines is 1. The number of nitrogens with one attached hydrogen (secondary N) is 1. The molecule has 1 amide bonds. The van der Waals surface area contributed by atoms with Crippen molar-refractivity contribution >= 4 is 11.6 Å². The van der Waals surface area contributed by atoms with Crippen molar-refractivity contribution in [1.82, 2.24) is 5.32 Å². The molecule has 0 atom stereocenters. The SMILES string of the molecule is CC1(C)CCNCC(=O)N1c1ccc(F)cc1. The van der Waals surface area contributed by atoms with E-state index in [0.29, 0.717) is 6.54 Å². The van der Waals surface area contributed by atoms with Crippen molar-refractivity contribution in [3.63, 3.8) is 0 Å². The van der Waals surface area contributed by atoms with E-state index in [1.54, 1.807) is 17.0 Å². The van der Waals surface area contributed by atoms with Crippen LogP contribution >= 0.6 is 0 Å². The Morgan fingerprint density at radius 2 is 1.94 bits per heavy atom. The van der Waals surface area contributed by atoms with Gasteiger partial charge in [-0.05, 0) is 51.1 Å². The van der Waals surface area contributed by atoms with Gasteiger partial charge >= 0.3 is 0 Å². The molecule has 0 saturated carbocycles. The van der Waals surface area contributed by atoms with Crippen LogP contribution < -0.4 is 10.2 Å². The Balaban J connectivity index is 2.38. The summed E-state index contributed by atoms with van der Waals surface area (Å²) in [6, 6.07) is 6.08. The van der Waals surface area contributed by atoms with Crippen molar-refractivity contribution in [2.45, 2.75) is 25.8 Å². The monoisotopic (exact) mass is 236 g/mol. The lowest BCUT2D eigenvalue weighted by atomic mass is 9.97. The molecule has 1 saturated heterocycles. The van der Waals surface area contributed by atoms with Crippen molar-refractivity contribution in [1.29, 1.82) is 0 Å². The standard InChI is InChI=1S/C13H17FN2O/c1-13(2)7-8-15-9-12(17)16(13)11-5-3-10(14)4-6-11/h3-6,15H,7-9H2,1-2H3. The van der Waals surface area contributed by atoms with Gasteiger partial charge in [0.1, 0.15) is 5.82 Å². The summed E-state index contributed by atoms with van der Waals surface area (Å²) in [5.41, 5.74) is 0.503. The van der Waals surface area contributed by atoms with Gasteiger partial charge < -0.3 is 10.2 Å². The topological polar surface area (TPSA) is 32.3 Å². The molecule has 3 nitrogen and oxygen atoms in total. The number of rotatable bonds is 1. The maximum Gasteiger partial charge on any atom is 0.241 e. The van der Waals surface area contributed by atoms with E-state index in [4.69, 9.17) is 0 Å². The van der Waals surface area contributed by atoms with E-state index in [-0.39, 0.29) is 17.3 Å². The Hall–Kier alpha value is -1.42. The molecule has 1 aliphatic heterocycles. The Morgan fingerprint density at radius 3 is 2.59 bits per heavy atom. The van der Waals surface area contributed by atoms with Crippen LogP contribution in [0.2, 0.25) is 0 Å². The lowest BCUT2D eigenvalue weighted by Crippen LogP contribution is -2.48. The van der Waals surface area contributed by atoms with Crippen LogP contribution in [0.4, 0.5) is 10.1 Å². The van der Waals surface area contributed by atoms with Crippen LogP contribution in [0.1, 0.15) is 20.3 Å². The normalized spacial score (nSPS) is 20.2. The Labute approximate surface area is 101 Å². The van der Waals surface area contributed by atoms with Gasteiger partial charge in [0.05, 0.1) is 6.54 Å². The first-order chi connectivity index (χ1) is 8.00. The van der Waals surface area contributed by atoms with E-state index in [9.17, 15) is 9.18 Å². The quantitative estimate of drug-likeness (QED) is 0.808. The van der Waals surface area contributed by atoms with Gasteiger partial charge in [-0.1, -0.05) is 0 Å². The summed E-state index contributed by atoms with van der Waals surface area (Å²) in [6.45, 7) is 5.21. The van der Waals surface area contributed by atoms with E-state index in [0.717, 1.165) is 18.7 Å². The molecule has 0 unspecified atom stereocenters. The highest BCUT2D eigenvalue weighted by Crippen LogP contribution is 2.28. The molecule has 0 aromatic heterocycles. The fraction of sp³-hybridized carbons (Fsp3) is 0.462. The fourth-order valence-electron chi connectivity index (χ4n) is 2.20. The van der Waals surface area contributed by atoms with Crippen LogP contribution in [0.15, 0.2) is 24.3 Å². The van der Waals surface area contributed by atoms with E-state index in [1.165, 1.54) is 12.1 Å². The smallest absolute Gasteiger partial charge is 0.241 e. The number of carbonyl (C=O) groups is 1. The van der Waals surface area contributed by atoms with Crippen molar-refractivity contribution in [3.05, 3.63) is 30.1 Å². The molecule has 1 aromatic rings. The van der Waals surface area contributed by atoms with Gasteiger partial charge in [-0.3, -0.25) is 4.79 Å². The summed E-state index contributed by atoms with van der Waals surface area (Å²) in [6.07, 6.45) is 0.871. The average molecular weight is 236 g/mol. The maximum absolute atomic E-state index is 12.9. The van der Waals surface area contributed by atoms with Crippen molar-refractivity contribution in [3.8, 4) is 0 Å². The lowest BCUT2D eigenvalue weighted by molar-refractivity contribution is -0.118. The summed E-state index contributed by atoms with van der Waals surface area (Å²) >= 11 is 0. The van der Waals surface area contributed by atoms with Gasteiger partial charge in [0.25, 0.3) is 0 Å². The third kappa shape index (κ3) is 2.47. The highest BCUT2D eigenvalue weighted by molar-refractivity contribution is 5.96. The third-order valence-electron chi connectivity index (χ3n) is 3.13. The van der Waals surface area contributed by atoms with Gasteiger partial charge in [0.2, 0.25) is 5.91 Å². The van der Waals surface area contributed by atoms with Crippen molar-refractivity contribution in [2.24, 2.45) is 0 Å². The Morgan fingerprint density at radius 1 is 1.29 bits per heavy atom. The van der Waals surface area contributed by atoms with Crippen LogP contribution in [0.3, 0.4) is 0 Å². The van der Waals surface area contributed by atoms with E-state index in [2.05, 4.69) is 5.32 Å². The number of benzene rings is 1. The molecular formula is C13H17FN2O. The molecule has 0 spiro atoms. The lowest BCUT2D eigenvalue weighted by Gasteiger charge is -2.37. The van der Waals surface area contributed by atoms with Crippen molar-refractivity contribution < 1.29 is 9.18 Å². The number of hydrogen-bond donors (Lipinski definition) is 1. The minimum Gasteiger partial charge on any atom is -0.308 e. The first kappa shape index (κ1) is 12.0. The summed E-state index contributed by atoms with van der Waals surface area (Å²) in [5.74, 6) is -0.258. The predicted molar refractivity (Wildman–Crippen MR) is 65.5 cm³/mol. The summed E-state index contributed by atoms with van der Waals surface area (Å²) in [7, 11) is 0. The molecular weight excluding hydrogens is 219 g/mol. The molecule has 1 aliphatic rings. The molecule has 1 fully saturated rings. The minimum atomic E-state index is -0.285. The van der Waals surface area contributed by atoms with Crippen LogP contribution in [-0.2, 0) is 4.79 Å². The summed E-state index contributed by atoms with van der Waals surface area (Å²) in [5, 5.41) is 3.10. The number of hydrogen-bond acceptors (Lipinski definition) is 2. The predicted octanol–water partition coefficient (Wildman–Crippen LogP) is 1.93. The number of halogens is 1. The number of carbonyl (C=O) groups excluding carboxylic acids is 1. The first-order valence-corrected chi connectivity index (χ1v) is 5.80. The fourth-order valence-corrected chi connectivity index (χ4v) is 2.20.